The van der Waals surface area contributed by atoms with Gasteiger partial charge in [-0.3, -0.25) is 4.90 Å². The van der Waals surface area contributed by atoms with E-state index in [1.165, 1.54) is 21.1 Å². The SMILES string of the molecule is COCCN(CCOC)C(C)CCC(F)(C(F)(F)F)C(F)(F)F. The standard InChI is InChI=1S/C13H22F7NO2/c1-10(21(6-8-22-2)7-9-23-3)4-5-11(14,12(15,16)17)13(18,19)20/h10H,4-9H2,1-3H3. The van der Waals surface area contributed by atoms with Gasteiger partial charge in [0, 0.05) is 39.8 Å². The highest BCUT2D eigenvalue weighted by atomic mass is 19.4. The van der Waals surface area contributed by atoms with E-state index >= 15 is 0 Å². The molecule has 0 rings (SSSR count). The minimum atomic E-state index is -6.01. The van der Waals surface area contributed by atoms with E-state index in [0.717, 1.165) is 0 Å². The second-order valence-corrected chi connectivity index (χ2v) is 5.21. The van der Waals surface area contributed by atoms with Crippen molar-refractivity contribution < 1.29 is 40.2 Å². The lowest BCUT2D eigenvalue weighted by Crippen LogP contribution is -2.54. The molecular weight excluding hydrogens is 335 g/mol. The van der Waals surface area contributed by atoms with Gasteiger partial charge >= 0.3 is 12.4 Å². The van der Waals surface area contributed by atoms with E-state index in [4.69, 9.17) is 9.47 Å². The molecule has 0 aromatic carbocycles. The van der Waals surface area contributed by atoms with Gasteiger partial charge in [0.05, 0.1) is 13.2 Å². The van der Waals surface area contributed by atoms with Crippen LogP contribution in [0.15, 0.2) is 0 Å². The van der Waals surface area contributed by atoms with Gasteiger partial charge in [-0.05, 0) is 13.3 Å². The average Bonchev–Trinajstić information content (AvgIpc) is 2.42. The molecule has 0 spiro atoms. The third-order valence-electron chi connectivity index (χ3n) is 3.59. The Kier molecular flexibility index (Phi) is 8.79. The van der Waals surface area contributed by atoms with E-state index in [1.807, 2.05) is 0 Å². The topological polar surface area (TPSA) is 21.7 Å². The van der Waals surface area contributed by atoms with Gasteiger partial charge in [0.25, 0.3) is 5.67 Å². The van der Waals surface area contributed by atoms with Gasteiger partial charge in [0.1, 0.15) is 0 Å². The molecule has 3 nitrogen and oxygen atoms in total. The van der Waals surface area contributed by atoms with Gasteiger partial charge in [0.15, 0.2) is 0 Å². The lowest BCUT2D eigenvalue weighted by molar-refractivity contribution is -0.343. The molecule has 0 saturated heterocycles. The van der Waals surface area contributed by atoms with Gasteiger partial charge < -0.3 is 9.47 Å². The molecule has 0 saturated carbocycles. The minimum absolute atomic E-state index is 0.243. The van der Waals surface area contributed by atoms with Crippen LogP contribution in [0.4, 0.5) is 30.7 Å². The molecule has 0 aromatic heterocycles. The molecule has 0 heterocycles. The number of alkyl halides is 7. The number of halogens is 7. The zero-order valence-electron chi connectivity index (χ0n) is 13.2. The van der Waals surface area contributed by atoms with Crippen molar-refractivity contribution in [3.05, 3.63) is 0 Å². The molecule has 1 atom stereocenters. The Balaban J connectivity index is 4.92. The fraction of sp³-hybridized carbons (Fsp3) is 1.00. The van der Waals surface area contributed by atoms with Crippen molar-refractivity contribution in [1.82, 2.24) is 4.90 Å². The Morgan fingerprint density at radius 2 is 1.22 bits per heavy atom. The van der Waals surface area contributed by atoms with Crippen LogP contribution < -0.4 is 0 Å². The molecule has 10 heteroatoms. The first-order chi connectivity index (χ1) is 10.4. The maximum absolute atomic E-state index is 13.6. The van der Waals surface area contributed by atoms with E-state index in [1.54, 1.807) is 4.90 Å². The maximum Gasteiger partial charge on any atom is 0.431 e. The van der Waals surface area contributed by atoms with Crippen LogP contribution in [-0.2, 0) is 9.47 Å². The quantitative estimate of drug-likeness (QED) is 0.558. The number of nitrogens with zero attached hydrogens (tertiary/aromatic N) is 1. The fourth-order valence-electron chi connectivity index (χ4n) is 2.00. The zero-order chi connectivity index (χ0) is 18.3. The zero-order valence-corrected chi connectivity index (χ0v) is 13.2. The number of rotatable bonds is 10. The van der Waals surface area contributed by atoms with Gasteiger partial charge in [-0.1, -0.05) is 0 Å². The number of hydrogen-bond acceptors (Lipinski definition) is 3. The Hall–Kier alpha value is -0.610. The molecule has 0 bridgehead atoms. The predicted octanol–water partition coefficient (Wildman–Crippen LogP) is 3.58. The normalized spacial score (nSPS) is 15.3. The first-order valence-electron chi connectivity index (χ1n) is 6.95. The molecule has 1 unspecified atom stereocenters. The van der Waals surface area contributed by atoms with Gasteiger partial charge in [-0.2, -0.15) is 26.3 Å². The number of methoxy groups -OCH3 is 2. The van der Waals surface area contributed by atoms with Crippen molar-refractivity contribution in [1.29, 1.82) is 0 Å². The van der Waals surface area contributed by atoms with Gasteiger partial charge in [-0.25, -0.2) is 4.39 Å². The summed E-state index contributed by atoms with van der Waals surface area (Å²) in [4.78, 5) is 1.60. The predicted molar refractivity (Wildman–Crippen MR) is 70.0 cm³/mol. The summed E-state index contributed by atoms with van der Waals surface area (Å²) in [7, 11) is 2.83. The van der Waals surface area contributed by atoms with E-state index in [0.29, 0.717) is 13.1 Å². The largest absolute Gasteiger partial charge is 0.431 e. The maximum atomic E-state index is 13.6. The van der Waals surface area contributed by atoms with Crippen LogP contribution in [0.5, 0.6) is 0 Å². The van der Waals surface area contributed by atoms with Crippen molar-refractivity contribution in [2.45, 2.75) is 43.8 Å². The van der Waals surface area contributed by atoms with Crippen molar-refractivity contribution in [2.75, 3.05) is 40.5 Å². The molecule has 0 aromatic rings. The first-order valence-corrected chi connectivity index (χ1v) is 6.95. The first kappa shape index (κ1) is 22.4. The minimum Gasteiger partial charge on any atom is -0.383 e. The molecule has 0 aliphatic rings. The Morgan fingerprint density at radius 3 is 1.52 bits per heavy atom. The van der Waals surface area contributed by atoms with E-state index in [-0.39, 0.29) is 13.2 Å². The van der Waals surface area contributed by atoms with Gasteiger partial charge in [0.2, 0.25) is 0 Å². The summed E-state index contributed by atoms with van der Waals surface area (Å²) < 4.78 is 98.3. The Bertz CT molecular complexity index is 311. The molecule has 0 aliphatic carbocycles. The molecule has 140 valence electrons. The lowest BCUT2D eigenvalue weighted by atomic mass is 9.95. The van der Waals surface area contributed by atoms with Crippen LogP contribution in [0.25, 0.3) is 0 Å². The molecular formula is C13H22F7NO2. The van der Waals surface area contributed by atoms with Crippen molar-refractivity contribution in [3.63, 3.8) is 0 Å². The van der Waals surface area contributed by atoms with Gasteiger partial charge in [-0.15, -0.1) is 0 Å². The van der Waals surface area contributed by atoms with Crippen molar-refractivity contribution >= 4 is 0 Å². The smallest absolute Gasteiger partial charge is 0.383 e. The third kappa shape index (κ3) is 6.42. The summed E-state index contributed by atoms with van der Waals surface area (Å²) in [5.41, 5.74) is -5.21. The molecule has 0 N–H and O–H groups in total. The lowest BCUT2D eigenvalue weighted by Gasteiger charge is -2.33. The highest BCUT2D eigenvalue weighted by molar-refractivity contribution is 4.95. The van der Waals surface area contributed by atoms with E-state index < -0.39 is 36.9 Å². The average molecular weight is 357 g/mol. The van der Waals surface area contributed by atoms with Crippen LogP contribution in [0.3, 0.4) is 0 Å². The molecule has 23 heavy (non-hydrogen) atoms. The van der Waals surface area contributed by atoms with Crippen molar-refractivity contribution in [2.24, 2.45) is 0 Å². The Morgan fingerprint density at radius 1 is 0.826 bits per heavy atom. The monoisotopic (exact) mass is 357 g/mol. The summed E-state index contributed by atoms with van der Waals surface area (Å²) in [6.07, 6.45) is -14.3. The molecule has 0 radical (unpaired) electrons. The summed E-state index contributed by atoms with van der Waals surface area (Å²) in [5, 5.41) is 0. The highest BCUT2D eigenvalue weighted by Crippen LogP contribution is 2.49. The summed E-state index contributed by atoms with van der Waals surface area (Å²) in [5.74, 6) is 0. The molecule has 0 amide bonds. The second-order valence-electron chi connectivity index (χ2n) is 5.21. The molecule has 0 aliphatic heterocycles. The highest BCUT2D eigenvalue weighted by Gasteiger charge is 2.71. The number of hydrogen-bond donors (Lipinski definition) is 0. The van der Waals surface area contributed by atoms with Crippen LogP contribution in [0, 0.1) is 0 Å². The number of ether oxygens (including phenoxy) is 2. The van der Waals surface area contributed by atoms with Crippen LogP contribution in [0.1, 0.15) is 19.8 Å². The second kappa shape index (κ2) is 9.03. The van der Waals surface area contributed by atoms with Crippen LogP contribution in [0.2, 0.25) is 0 Å². The Labute approximate surface area is 130 Å². The third-order valence-corrected chi connectivity index (χ3v) is 3.59. The summed E-state index contributed by atoms with van der Waals surface area (Å²) >= 11 is 0. The molecule has 0 fully saturated rings. The fourth-order valence-corrected chi connectivity index (χ4v) is 2.00. The van der Waals surface area contributed by atoms with E-state index in [2.05, 4.69) is 0 Å². The summed E-state index contributed by atoms with van der Waals surface area (Å²) in [6.45, 7) is 2.51. The summed E-state index contributed by atoms with van der Waals surface area (Å²) in [6, 6.07) is -0.694. The van der Waals surface area contributed by atoms with E-state index in [9.17, 15) is 30.7 Å². The van der Waals surface area contributed by atoms with Crippen LogP contribution >= 0.6 is 0 Å². The van der Waals surface area contributed by atoms with Crippen LogP contribution in [-0.4, -0.2) is 69.5 Å². The van der Waals surface area contributed by atoms with Crippen molar-refractivity contribution in [3.8, 4) is 0 Å².